The van der Waals surface area contributed by atoms with E-state index < -0.39 is 0 Å². The van der Waals surface area contributed by atoms with E-state index in [0.29, 0.717) is 24.7 Å². The number of hydrogen-bond acceptors (Lipinski definition) is 2. The fourth-order valence-electron chi connectivity index (χ4n) is 1.04. The molecule has 0 saturated heterocycles. The second-order valence-corrected chi connectivity index (χ2v) is 2.36. The van der Waals surface area contributed by atoms with E-state index in [0.717, 1.165) is 5.75 Å². The Bertz CT molecular complexity index is 273. The molecule has 0 atom stereocenters. The van der Waals surface area contributed by atoms with Gasteiger partial charge in [0.05, 0.1) is 5.69 Å². The van der Waals surface area contributed by atoms with Crippen LogP contribution in [0, 0.1) is 0 Å². The first-order valence-corrected chi connectivity index (χ1v) is 3.47. The van der Waals surface area contributed by atoms with E-state index >= 15 is 0 Å². The van der Waals surface area contributed by atoms with Gasteiger partial charge in [-0.05, 0) is 12.1 Å². The van der Waals surface area contributed by atoms with Gasteiger partial charge in [-0.2, -0.15) is 0 Å². The summed E-state index contributed by atoms with van der Waals surface area (Å²) in [6, 6.07) is 5.11. The zero-order chi connectivity index (χ0) is 7.68. The van der Waals surface area contributed by atoms with Crippen molar-refractivity contribution in [2.24, 2.45) is 0 Å². The quantitative estimate of drug-likeness (QED) is 0.560. The van der Waals surface area contributed by atoms with Gasteiger partial charge in [-0.15, -0.1) is 0 Å². The number of rotatable bonds is 0. The lowest BCUT2D eigenvalue weighted by Gasteiger charge is -2.17. The fraction of sp³-hybridized carbons (Fsp3) is 0.250. The Balaban J connectivity index is 2.43. The van der Waals surface area contributed by atoms with Gasteiger partial charge in [0.15, 0.2) is 11.5 Å². The third-order valence-corrected chi connectivity index (χ3v) is 1.54. The lowest BCUT2D eigenvalue weighted by molar-refractivity contribution is 0.171. The van der Waals surface area contributed by atoms with Crippen molar-refractivity contribution in [1.29, 1.82) is 0 Å². The van der Waals surface area contributed by atoms with Crippen LogP contribution in [0.5, 0.6) is 11.5 Å². The zero-order valence-corrected chi connectivity index (χ0v) is 5.96. The number of fused-ring (bicyclic) bond motifs is 1. The van der Waals surface area contributed by atoms with Crippen LogP contribution in [-0.2, 0) is 0 Å². The van der Waals surface area contributed by atoms with Gasteiger partial charge in [-0.3, -0.25) is 0 Å². The van der Waals surface area contributed by atoms with Gasteiger partial charge >= 0.3 is 0 Å². The predicted molar refractivity (Wildman–Crippen MR) is 40.2 cm³/mol. The maximum absolute atomic E-state index is 7.30. The lowest BCUT2D eigenvalue weighted by atomic mass is 10.3. The molecule has 57 valence electrons. The van der Waals surface area contributed by atoms with E-state index in [9.17, 15) is 0 Å². The first-order valence-electron chi connectivity index (χ1n) is 3.47. The number of ether oxygens (including phenoxy) is 2. The highest BCUT2D eigenvalue weighted by atomic mass is 16.6. The van der Waals surface area contributed by atoms with Crippen molar-refractivity contribution in [3.8, 4) is 11.5 Å². The van der Waals surface area contributed by atoms with Crippen LogP contribution < -0.4 is 15.2 Å². The van der Waals surface area contributed by atoms with Crippen LogP contribution in [-0.4, -0.2) is 13.2 Å². The molecule has 0 aliphatic carbocycles. The molecule has 0 amide bonds. The average molecular weight is 150 g/mol. The monoisotopic (exact) mass is 150 g/mol. The molecule has 3 heteroatoms. The van der Waals surface area contributed by atoms with Crippen LogP contribution in [0.3, 0.4) is 0 Å². The first-order chi connectivity index (χ1) is 5.36. The van der Waals surface area contributed by atoms with Gasteiger partial charge in [0.1, 0.15) is 13.2 Å². The Morgan fingerprint density at radius 1 is 1.09 bits per heavy atom. The Hall–Kier alpha value is -1.38. The topological polar surface area (TPSA) is 42.3 Å². The van der Waals surface area contributed by atoms with Crippen molar-refractivity contribution in [3.63, 3.8) is 0 Å². The van der Waals surface area contributed by atoms with Gasteiger partial charge in [0, 0.05) is 6.07 Å². The van der Waals surface area contributed by atoms with Crippen LogP contribution in [0.25, 0.3) is 0 Å². The molecule has 0 saturated carbocycles. The van der Waals surface area contributed by atoms with E-state index in [2.05, 4.69) is 0 Å². The Labute approximate surface area is 64.7 Å². The van der Waals surface area contributed by atoms with E-state index in [4.69, 9.17) is 15.2 Å². The first kappa shape index (κ1) is 6.34. The molecule has 0 spiro atoms. The summed E-state index contributed by atoms with van der Waals surface area (Å²) in [6.45, 7) is 1.18. The Morgan fingerprint density at radius 2 is 1.82 bits per heavy atom. The second kappa shape index (κ2) is 2.34. The predicted octanol–water partition coefficient (Wildman–Crippen LogP) is 1.37. The molecule has 1 aliphatic rings. The summed E-state index contributed by atoms with van der Waals surface area (Å²) >= 11 is 0. The molecule has 0 bridgehead atoms. The van der Waals surface area contributed by atoms with Gasteiger partial charge in [0.2, 0.25) is 0 Å². The Kier molecular flexibility index (Phi) is 1.35. The van der Waals surface area contributed by atoms with Crippen molar-refractivity contribution in [1.82, 2.24) is 5.73 Å². The third kappa shape index (κ3) is 1.09. The third-order valence-electron chi connectivity index (χ3n) is 1.54. The molecule has 11 heavy (non-hydrogen) atoms. The summed E-state index contributed by atoms with van der Waals surface area (Å²) in [5.41, 5.74) is 7.75. The highest BCUT2D eigenvalue weighted by molar-refractivity contribution is 5.50. The van der Waals surface area contributed by atoms with Crippen LogP contribution >= 0.6 is 0 Å². The van der Waals surface area contributed by atoms with E-state index in [-0.39, 0.29) is 0 Å². The molecule has 1 aromatic rings. The normalized spacial score (nSPS) is 14.5. The fourth-order valence-corrected chi connectivity index (χ4v) is 1.04. The number of nitrogens with one attached hydrogen (secondary N) is 1. The van der Waals surface area contributed by atoms with Crippen molar-refractivity contribution < 1.29 is 9.47 Å². The molecule has 1 aromatic carbocycles. The molecule has 2 rings (SSSR count). The average Bonchev–Trinajstić information content (AvgIpc) is 2.04. The van der Waals surface area contributed by atoms with Crippen molar-refractivity contribution in [3.05, 3.63) is 18.2 Å². The Morgan fingerprint density at radius 3 is 2.64 bits per heavy atom. The molecule has 1 aliphatic heterocycles. The van der Waals surface area contributed by atoms with E-state index in [1.807, 2.05) is 0 Å². The smallest absolute Gasteiger partial charge is 0.163 e. The number of benzene rings is 1. The molecule has 1 N–H and O–H groups in total. The van der Waals surface area contributed by atoms with E-state index in [1.54, 1.807) is 18.2 Å². The SMILES string of the molecule is [NH]c1ccc2c(c1)OCCO2. The maximum Gasteiger partial charge on any atom is 0.163 e. The van der Waals surface area contributed by atoms with Crippen molar-refractivity contribution in [2.45, 2.75) is 0 Å². The highest BCUT2D eigenvalue weighted by Crippen LogP contribution is 2.31. The van der Waals surface area contributed by atoms with Gasteiger partial charge < -0.3 is 15.2 Å². The van der Waals surface area contributed by atoms with Gasteiger partial charge in [-0.25, -0.2) is 0 Å². The summed E-state index contributed by atoms with van der Waals surface area (Å²) < 4.78 is 10.5. The van der Waals surface area contributed by atoms with Crippen LogP contribution in [0.15, 0.2) is 18.2 Å². The van der Waals surface area contributed by atoms with E-state index in [1.165, 1.54) is 0 Å². The lowest BCUT2D eigenvalue weighted by Crippen LogP contribution is -2.14. The van der Waals surface area contributed by atoms with Crippen LogP contribution in [0.4, 0.5) is 5.69 Å². The number of hydrogen-bond donors (Lipinski definition) is 0. The summed E-state index contributed by atoms with van der Waals surface area (Å²) in [5.74, 6) is 1.43. The highest BCUT2D eigenvalue weighted by Gasteiger charge is 2.10. The molecule has 0 aromatic heterocycles. The molecule has 0 unspecified atom stereocenters. The standard InChI is InChI=1S/C8H8NO2/c9-6-1-2-7-8(5-6)11-4-3-10-7/h1-2,5,9H,3-4H2. The second-order valence-electron chi connectivity index (χ2n) is 2.36. The summed E-state index contributed by atoms with van der Waals surface area (Å²) in [5, 5.41) is 0. The maximum atomic E-state index is 7.30. The zero-order valence-electron chi connectivity index (χ0n) is 5.96. The minimum atomic E-state index is 0.453. The minimum absolute atomic E-state index is 0.453. The van der Waals surface area contributed by atoms with Crippen LogP contribution in [0.2, 0.25) is 0 Å². The summed E-state index contributed by atoms with van der Waals surface area (Å²) in [6.07, 6.45) is 0. The van der Waals surface area contributed by atoms with Gasteiger partial charge in [0.25, 0.3) is 0 Å². The molecular weight excluding hydrogens is 142 g/mol. The molecule has 3 nitrogen and oxygen atoms in total. The van der Waals surface area contributed by atoms with Crippen LogP contribution in [0.1, 0.15) is 0 Å². The summed E-state index contributed by atoms with van der Waals surface area (Å²) in [7, 11) is 0. The molecular formula is C8H8NO2. The summed E-state index contributed by atoms with van der Waals surface area (Å²) in [4.78, 5) is 0. The minimum Gasteiger partial charge on any atom is -0.486 e. The van der Waals surface area contributed by atoms with Crippen molar-refractivity contribution in [2.75, 3.05) is 13.2 Å². The van der Waals surface area contributed by atoms with Crippen molar-refractivity contribution >= 4 is 5.69 Å². The largest absolute Gasteiger partial charge is 0.486 e. The molecule has 0 fully saturated rings. The molecule has 1 radical (unpaired) electrons. The van der Waals surface area contributed by atoms with Gasteiger partial charge in [-0.1, -0.05) is 0 Å². The molecule has 1 heterocycles.